The van der Waals surface area contributed by atoms with Gasteiger partial charge in [0.15, 0.2) is 5.79 Å². The minimum absolute atomic E-state index is 0. The SMILES string of the molecule is COc1ccc(C2(c3c[c-]cc(Cl)c3)OCCO2)cc1.[Li+]. The van der Waals surface area contributed by atoms with Crippen LogP contribution in [0.25, 0.3) is 0 Å². The van der Waals surface area contributed by atoms with E-state index in [4.69, 9.17) is 25.8 Å². The van der Waals surface area contributed by atoms with Crippen LogP contribution in [-0.4, -0.2) is 20.3 Å². The fraction of sp³-hybridized carbons (Fsp3) is 0.250. The topological polar surface area (TPSA) is 27.7 Å². The maximum absolute atomic E-state index is 6.06. The molecule has 0 aliphatic carbocycles. The van der Waals surface area contributed by atoms with E-state index in [0.717, 1.165) is 16.9 Å². The molecule has 0 aromatic heterocycles. The number of rotatable bonds is 3. The van der Waals surface area contributed by atoms with E-state index in [-0.39, 0.29) is 18.9 Å². The Kier molecular flexibility index (Phi) is 5.37. The summed E-state index contributed by atoms with van der Waals surface area (Å²) in [5.41, 5.74) is 1.75. The minimum atomic E-state index is -0.909. The van der Waals surface area contributed by atoms with Gasteiger partial charge in [-0.2, -0.15) is 29.8 Å². The van der Waals surface area contributed by atoms with Gasteiger partial charge in [-0.25, -0.2) is 0 Å². The Bertz CT molecular complexity index is 595. The van der Waals surface area contributed by atoms with E-state index in [1.807, 2.05) is 36.4 Å². The first-order valence-corrected chi connectivity index (χ1v) is 6.72. The van der Waals surface area contributed by atoms with Gasteiger partial charge in [0, 0.05) is 5.56 Å². The van der Waals surface area contributed by atoms with Crippen molar-refractivity contribution in [3.63, 3.8) is 0 Å². The van der Waals surface area contributed by atoms with Gasteiger partial charge in [-0.05, 0) is 12.1 Å². The molecule has 1 fully saturated rings. The van der Waals surface area contributed by atoms with Gasteiger partial charge in [0.1, 0.15) is 5.75 Å². The zero-order valence-electron chi connectivity index (χ0n) is 12.1. The zero-order valence-corrected chi connectivity index (χ0v) is 12.8. The van der Waals surface area contributed by atoms with Crippen molar-refractivity contribution < 1.29 is 33.1 Å². The molecule has 0 bridgehead atoms. The third kappa shape index (κ3) is 3.13. The molecule has 3 rings (SSSR count). The van der Waals surface area contributed by atoms with E-state index >= 15 is 0 Å². The van der Waals surface area contributed by atoms with Gasteiger partial charge < -0.3 is 14.2 Å². The number of ether oxygens (including phenoxy) is 3. The van der Waals surface area contributed by atoms with Gasteiger partial charge in [0.25, 0.3) is 0 Å². The van der Waals surface area contributed by atoms with Crippen LogP contribution in [0.2, 0.25) is 5.02 Å². The zero-order chi connectivity index (χ0) is 14.0. The molecule has 0 atom stereocenters. The van der Waals surface area contributed by atoms with E-state index in [0.29, 0.717) is 18.2 Å². The van der Waals surface area contributed by atoms with Crippen LogP contribution in [0.1, 0.15) is 11.1 Å². The number of methoxy groups -OCH3 is 1. The normalized spacial score (nSPS) is 16.3. The molecule has 0 spiro atoms. The summed E-state index contributed by atoms with van der Waals surface area (Å²) in [5, 5.41) is 0.606. The molecule has 0 radical (unpaired) electrons. The van der Waals surface area contributed by atoms with Gasteiger partial charge >= 0.3 is 18.9 Å². The maximum atomic E-state index is 6.06. The van der Waals surface area contributed by atoms with Crippen LogP contribution in [0.4, 0.5) is 0 Å². The number of halogens is 1. The Balaban J connectivity index is 0.00000161. The predicted molar refractivity (Wildman–Crippen MR) is 76.0 cm³/mol. The molecule has 2 aromatic rings. The Morgan fingerprint density at radius 3 is 2.33 bits per heavy atom. The van der Waals surface area contributed by atoms with E-state index in [2.05, 4.69) is 6.07 Å². The largest absolute Gasteiger partial charge is 1.00 e. The van der Waals surface area contributed by atoms with Crippen molar-refractivity contribution in [3.05, 3.63) is 64.7 Å². The van der Waals surface area contributed by atoms with Crippen LogP contribution >= 0.6 is 11.6 Å². The molecule has 0 unspecified atom stereocenters. The summed E-state index contributed by atoms with van der Waals surface area (Å²) >= 11 is 6.06. The number of hydrogen-bond donors (Lipinski definition) is 0. The van der Waals surface area contributed by atoms with Gasteiger partial charge in [0.2, 0.25) is 0 Å². The fourth-order valence-electron chi connectivity index (χ4n) is 2.36. The van der Waals surface area contributed by atoms with E-state index in [1.165, 1.54) is 0 Å². The second-order valence-electron chi connectivity index (χ2n) is 4.48. The third-order valence-electron chi connectivity index (χ3n) is 3.30. The molecule has 1 heterocycles. The second-order valence-corrected chi connectivity index (χ2v) is 4.92. The van der Waals surface area contributed by atoms with Crippen LogP contribution in [0.15, 0.2) is 42.5 Å². The van der Waals surface area contributed by atoms with Gasteiger partial charge in [-0.3, -0.25) is 0 Å². The van der Waals surface area contributed by atoms with E-state index in [9.17, 15) is 0 Å². The molecule has 2 aromatic carbocycles. The van der Waals surface area contributed by atoms with Crippen molar-refractivity contribution in [2.75, 3.05) is 20.3 Å². The first-order chi connectivity index (χ1) is 9.74. The number of hydrogen-bond acceptors (Lipinski definition) is 3. The third-order valence-corrected chi connectivity index (χ3v) is 3.52. The van der Waals surface area contributed by atoms with Gasteiger partial charge in [-0.15, -0.1) is 6.07 Å². The van der Waals surface area contributed by atoms with Crippen molar-refractivity contribution in [3.8, 4) is 5.75 Å². The van der Waals surface area contributed by atoms with Crippen LogP contribution in [0, 0.1) is 6.07 Å². The first-order valence-electron chi connectivity index (χ1n) is 6.34. The van der Waals surface area contributed by atoms with Crippen molar-refractivity contribution in [1.82, 2.24) is 0 Å². The quantitative estimate of drug-likeness (QED) is 0.606. The van der Waals surface area contributed by atoms with Gasteiger partial charge in [-0.1, -0.05) is 22.7 Å². The smallest absolute Gasteiger partial charge is 0.497 e. The Hall–Kier alpha value is -0.953. The molecule has 21 heavy (non-hydrogen) atoms. The molecule has 3 nitrogen and oxygen atoms in total. The average molecular weight is 297 g/mol. The summed E-state index contributed by atoms with van der Waals surface area (Å²) in [6.45, 7) is 1.08. The van der Waals surface area contributed by atoms with E-state index in [1.54, 1.807) is 13.2 Å². The number of benzene rings is 2. The first kappa shape index (κ1) is 16.4. The predicted octanol–water partition coefficient (Wildman–Crippen LogP) is 0.401. The summed E-state index contributed by atoms with van der Waals surface area (Å²) in [7, 11) is 1.64. The summed E-state index contributed by atoms with van der Waals surface area (Å²) < 4.78 is 17.0. The summed E-state index contributed by atoms with van der Waals surface area (Å²) in [4.78, 5) is 0. The average Bonchev–Trinajstić information content (AvgIpc) is 2.98. The molecular weight excluding hydrogens is 283 g/mol. The van der Waals surface area contributed by atoms with E-state index < -0.39 is 5.79 Å². The van der Waals surface area contributed by atoms with Crippen molar-refractivity contribution >= 4 is 11.6 Å². The second kappa shape index (κ2) is 6.87. The Labute approximate surface area is 141 Å². The molecule has 104 valence electrons. The monoisotopic (exact) mass is 296 g/mol. The molecule has 5 heteroatoms. The summed E-state index contributed by atoms with van der Waals surface area (Å²) in [6, 6.07) is 16.0. The Morgan fingerprint density at radius 1 is 1.10 bits per heavy atom. The Morgan fingerprint density at radius 2 is 1.76 bits per heavy atom. The van der Waals surface area contributed by atoms with Crippen LogP contribution in [0.5, 0.6) is 5.75 Å². The maximum Gasteiger partial charge on any atom is 1.00 e. The molecular formula is C16H14ClLiO3. The standard InChI is InChI=1S/C16H14ClO3.Li/c1-18-15-7-5-12(6-8-15)16(19-9-10-20-16)13-3-2-4-14(17)11-13;/h3-8,11H,9-10H2,1H3;/q-1;+1. The molecule has 1 aliphatic rings. The van der Waals surface area contributed by atoms with Gasteiger partial charge in [0.05, 0.1) is 20.3 Å². The summed E-state index contributed by atoms with van der Waals surface area (Å²) in [5.74, 6) is -0.118. The molecule has 0 saturated carbocycles. The fourth-order valence-corrected chi connectivity index (χ4v) is 2.54. The summed E-state index contributed by atoms with van der Waals surface area (Å²) in [6.07, 6.45) is 0. The van der Waals surface area contributed by atoms with Crippen LogP contribution in [-0.2, 0) is 15.3 Å². The molecule has 0 amide bonds. The molecule has 1 saturated heterocycles. The minimum Gasteiger partial charge on any atom is -0.497 e. The van der Waals surface area contributed by atoms with Crippen molar-refractivity contribution in [2.45, 2.75) is 5.79 Å². The molecule has 0 N–H and O–H groups in total. The van der Waals surface area contributed by atoms with Crippen LogP contribution in [0.3, 0.4) is 0 Å². The van der Waals surface area contributed by atoms with Crippen molar-refractivity contribution in [1.29, 1.82) is 0 Å². The van der Waals surface area contributed by atoms with Crippen molar-refractivity contribution in [2.24, 2.45) is 0 Å². The molecule has 1 aliphatic heterocycles. The van der Waals surface area contributed by atoms with Crippen LogP contribution < -0.4 is 23.6 Å².